The minimum atomic E-state index is -4.37. The molecule has 3 aromatic heterocycles. The van der Waals surface area contributed by atoms with Crippen molar-refractivity contribution in [1.82, 2.24) is 19.9 Å². The Bertz CT molecular complexity index is 1030. The lowest BCUT2D eigenvalue weighted by atomic mass is 9.92. The van der Waals surface area contributed by atoms with Crippen LogP contribution in [-0.4, -0.2) is 45.6 Å². The minimum Gasteiger partial charge on any atom is -0.355 e. The van der Waals surface area contributed by atoms with Gasteiger partial charge < -0.3 is 9.80 Å². The third-order valence-corrected chi connectivity index (χ3v) is 5.95. The molecule has 2 aliphatic heterocycles. The van der Waals surface area contributed by atoms with Gasteiger partial charge in [0.25, 0.3) is 0 Å². The number of rotatable bonds is 2. The van der Waals surface area contributed by atoms with E-state index in [1.807, 2.05) is 11.0 Å². The van der Waals surface area contributed by atoms with Crippen LogP contribution in [0.15, 0.2) is 43.1 Å². The second kappa shape index (κ2) is 6.82. The highest BCUT2D eigenvalue weighted by molar-refractivity contribution is 5.88. The van der Waals surface area contributed by atoms with E-state index in [4.69, 9.17) is 0 Å². The second-order valence-corrected chi connectivity index (χ2v) is 7.53. The molecule has 9 heteroatoms. The number of halogens is 3. The smallest absolute Gasteiger partial charge is 0.355 e. The molecule has 6 nitrogen and oxygen atoms in total. The molecule has 2 aliphatic rings. The van der Waals surface area contributed by atoms with Crippen LogP contribution >= 0.6 is 0 Å². The third kappa shape index (κ3) is 3.24. The van der Waals surface area contributed by atoms with Gasteiger partial charge in [-0.05, 0) is 37.0 Å². The maximum atomic E-state index is 13.1. The summed E-state index contributed by atoms with van der Waals surface area (Å²) < 4.78 is 39.3. The van der Waals surface area contributed by atoms with E-state index in [0.29, 0.717) is 24.8 Å². The van der Waals surface area contributed by atoms with Crippen LogP contribution in [0.2, 0.25) is 0 Å². The van der Waals surface area contributed by atoms with Crippen molar-refractivity contribution < 1.29 is 13.2 Å². The monoisotopic (exact) mass is 400 g/mol. The molecule has 150 valence electrons. The van der Waals surface area contributed by atoms with Crippen LogP contribution < -0.4 is 9.80 Å². The lowest BCUT2D eigenvalue weighted by Crippen LogP contribution is -2.49. The van der Waals surface area contributed by atoms with E-state index in [-0.39, 0.29) is 6.04 Å². The average Bonchev–Trinajstić information content (AvgIpc) is 3.16. The van der Waals surface area contributed by atoms with Crippen LogP contribution in [0, 0.1) is 5.92 Å². The van der Waals surface area contributed by atoms with E-state index < -0.39 is 11.7 Å². The molecular weight excluding hydrogens is 381 g/mol. The summed E-state index contributed by atoms with van der Waals surface area (Å²) in [6, 6.07) is 4.24. The maximum Gasteiger partial charge on any atom is 0.416 e. The van der Waals surface area contributed by atoms with E-state index in [0.717, 1.165) is 48.2 Å². The van der Waals surface area contributed by atoms with Crippen LogP contribution in [0.1, 0.15) is 18.4 Å². The molecule has 0 saturated carbocycles. The minimum absolute atomic E-state index is 0.173. The zero-order valence-corrected chi connectivity index (χ0v) is 15.5. The summed E-state index contributed by atoms with van der Waals surface area (Å²) in [5, 5.41) is 0.942. The Kier molecular flexibility index (Phi) is 4.25. The summed E-state index contributed by atoms with van der Waals surface area (Å²) in [6.07, 6.45) is 3.82. The molecule has 5 heterocycles. The van der Waals surface area contributed by atoms with Crippen LogP contribution in [0.3, 0.4) is 0 Å². The first kappa shape index (κ1) is 18.1. The fraction of sp³-hybridized carbons (Fsp3) is 0.400. The molecule has 2 unspecified atom stereocenters. The van der Waals surface area contributed by atoms with Gasteiger partial charge in [0.2, 0.25) is 0 Å². The summed E-state index contributed by atoms with van der Waals surface area (Å²) >= 11 is 0. The Morgan fingerprint density at radius 3 is 2.72 bits per heavy atom. The number of alkyl halides is 3. The van der Waals surface area contributed by atoms with Crippen molar-refractivity contribution >= 4 is 22.5 Å². The van der Waals surface area contributed by atoms with Gasteiger partial charge in [-0.3, -0.25) is 4.98 Å². The van der Waals surface area contributed by atoms with Crippen molar-refractivity contribution in [3.05, 3.63) is 48.7 Å². The van der Waals surface area contributed by atoms with E-state index in [1.54, 1.807) is 18.7 Å². The van der Waals surface area contributed by atoms with Gasteiger partial charge in [0.1, 0.15) is 18.0 Å². The standard InChI is InChI=1S/C20H19F3N6/c21-20(22,23)14-1-6-25-18(9-14)28-7-3-13-4-8-29(17(13)11-28)19-15-2-5-24-10-16(15)26-12-27-19/h1-2,5-6,9-10,12-13,17H,3-4,7-8,11H2. The van der Waals surface area contributed by atoms with Gasteiger partial charge in [0.15, 0.2) is 0 Å². The summed E-state index contributed by atoms with van der Waals surface area (Å²) in [6.45, 7) is 2.20. The quantitative estimate of drug-likeness (QED) is 0.656. The molecule has 0 radical (unpaired) electrons. The molecule has 29 heavy (non-hydrogen) atoms. The fourth-order valence-corrected chi connectivity index (χ4v) is 4.50. The average molecular weight is 400 g/mol. The van der Waals surface area contributed by atoms with E-state index >= 15 is 0 Å². The normalized spacial score (nSPS) is 22.2. The van der Waals surface area contributed by atoms with Crippen molar-refractivity contribution in [3.8, 4) is 0 Å². The molecule has 0 N–H and O–H groups in total. The lowest BCUT2D eigenvalue weighted by molar-refractivity contribution is -0.137. The predicted octanol–water partition coefficient (Wildman–Crippen LogP) is 3.54. The maximum absolute atomic E-state index is 13.1. The Labute approximate surface area is 165 Å². The van der Waals surface area contributed by atoms with Crippen LogP contribution in [0.25, 0.3) is 10.9 Å². The molecule has 2 fully saturated rings. The molecule has 0 spiro atoms. The molecule has 0 bridgehead atoms. The van der Waals surface area contributed by atoms with E-state index in [9.17, 15) is 13.2 Å². The van der Waals surface area contributed by atoms with Crippen molar-refractivity contribution in [2.45, 2.75) is 25.1 Å². The van der Waals surface area contributed by atoms with Gasteiger partial charge in [0, 0.05) is 37.4 Å². The number of aromatic nitrogens is 4. The van der Waals surface area contributed by atoms with Crippen LogP contribution in [-0.2, 0) is 6.18 Å². The fourth-order valence-electron chi connectivity index (χ4n) is 4.50. The summed E-state index contributed by atoms with van der Waals surface area (Å²) in [7, 11) is 0. The van der Waals surface area contributed by atoms with E-state index in [1.165, 1.54) is 6.20 Å². The zero-order valence-electron chi connectivity index (χ0n) is 15.5. The molecule has 2 atom stereocenters. The van der Waals surface area contributed by atoms with Gasteiger partial charge in [-0.15, -0.1) is 0 Å². The van der Waals surface area contributed by atoms with Gasteiger partial charge in [-0.25, -0.2) is 15.0 Å². The van der Waals surface area contributed by atoms with Gasteiger partial charge in [-0.2, -0.15) is 13.2 Å². The topological polar surface area (TPSA) is 58.0 Å². The summed E-state index contributed by atoms with van der Waals surface area (Å²) in [4.78, 5) is 21.4. The van der Waals surface area contributed by atoms with Crippen molar-refractivity contribution in [2.75, 3.05) is 29.4 Å². The first-order chi connectivity index (χ1) is 14.0. The SMILES string of the molecule is FC(F)(F)c1ccnc(N2CCC3CCN(c4ncnc5cnccc45)C3C2)c1. The molecule has 0 amide bonds. The number of nitrogens with zero attached hydrogens (tertiary/aromatic N) is 6. The number of anilines is 2. The van der Waals surface area contributed by atoms with Gasteiger partial charge in [0.05, 0.1) is 23.3 Å². The lowest BCUT2D eigenvalue weighted by Gasteiger charge is -2.39. The van der Waals surface area contributed by atoms with Crippen molar-refractivity contribution in [1.29, 1.82) is 0 Å². The van der Waals surface area contributed by atoms with Crippen LogP contribution in [0.5, 0.6) is 0 Å². The number of fused-ring (bicyclic) bond motifs is 2. The molecule has 2 saturated heterocycles. The zero-order chi connectivity index (χ0) is 20.0. The van der Waals surface area contributed by atoms with Crippen molar-refractivity contribution in [2.24, 2.45) is 5.92 Å². The highest BCUT2D eigenvalue weighted by atomic mass is 19.4. The molecule has 0 aliphatic carbocycles. The first-order valence-corrected chi connectivity index (χ1v) is 9.60. The number of pyridine rings is 2. The number of piperidine rings is 1. The van der Waals surface area contributed by atoms with Crippen LogP contribution in [0.4, 0.5) is 24.8 Å². The predicted molar refractivity (Wildman–Crippen MR) is 103 cm³/mol. The molecule has 3 aromatic rings. The largest absolute Gasteiger partial charge is 0.416 e. The first-order valence-electron chi connectivity index (χ1n) is 9.60. The Morgan fingerprint density at radius 1 is 1.00 bits per heavy atom. The highest BCUT2D eigenvalue weighted by Crippen LogP contribution is 2.38. The Morgan fingerprint density at radius 2 is 1.86 bits per heavy atom. The van der Waals surface area contributed by atoms with Gasteiger partial charge in [-0.1, -0.05) is 0 Å². The van der Waals surface area contributed by atoms with Crippen molar-refractivity contribution in [3.63, 3.8) is 0 Å². The van der Waals surface area contributed by atoms with Gasteiger partial charge >= 0.3 is 6.18 Å². The molecule has 0 aromatic carbocycles. The van der Waals surface area contributed by atoms with E-state index in [2.05, 4.69) is 24.8 Å². The Balaban J connectivity index is 1.45. The third-order valence-electron chi connectivity index (χ3n) is 5.95. The number of hydrogen-bond acceptors (Lipinski definition) is 6. The number of hydrogen-bond donors (Lipinski definition) is 0. The summed E-state index contributed by atoms with van der Waals surface area (Å²) in [5.41, 5.74) is 0.121. The molecular formula is C20H19F3N6. The second-order valence-electron chi connectivity index (χ2n) is 7.53. The molecule has 5 rings (SSSR count). The summed E-state index contributed by atoms with van der Waals surface area (Å²) in [5.74, 6) is 1.73. The highest BCUT2D eigenvalue weighted by Gasteiger charge is 2.40. The Hall–Kier alpha value is -2.97.